The summed E-state index contributed by atoms with van der Waals surface area (Å²) in [6.45, 7) is 3.24. The van der Waals surface area contributed by atoms with Gasteiger partial charge in [0.25, 0.3) is 0 Å². The summed E-state index contributed by atoms with van der Waals surface area (Å²) < 4.78 is 35.0. The van der Waals surface area contributed by atoms with E-state index in [1.807, 2.05) is 13.8 Å². The Labute approximate surface area is 76.7 Å². The van der Waals surface area contributed by atoms with Crippen LogP contribution < -0.4 is 11.1 Å². The lowest BCUT2D eigenvalue weighted by Crippen LogP contribution is -2.39. The minimum absolute atomic E-state index is 0.192. The molecule has 5 heteroatoms. The topological polar surface area (TPSA) is 38.0 Å². The molecule has 0 spiro atoms. The van der Waals surface area contributed by atoms with Gasteiger partial charge in [-0.25, -0.2) is 0 Å². The van der Waals surface area contributed by atoms with Crippen LogP contribution in [0.2, 0.25) is 0 Å². The van der Waals surface area contributed by atoms with E-state index in [2.05, 4.69) is 5.32 Å². The Hall–Kier alpha value is -0.290. The van der Waals surface area contributed by atoms with E-state index in [1.165, 1.54) is 0 Å². The number of alkyl halides is 3. The summed E-state index contributed by atoms with van der Waals surface area (Å²) in [5.74, 6) is 0.419. The van der Waals surface area contributed by atoms with Gasteiger partial charge in [0, 0.05) is 12.6 Å². The van der Waals surface area contributed by atoms with Crippen LogP contribution in [0.1, 0.15) is 20.3 Å². The molecule has 3 N–H and O–H groups in total. The molecule has 0 amide bonds. The third-order valence-corrected chi connectivity index (χ3v) is 1.51. The van der Waals surface area contributed by atoms with E-state index in [9.17, 15) is 13.2 Å². The minimum atomic E-state index is -4.14. The second-order valence-electron chi connectivity index (χ2n) is 3.64. The van der Waals surface area contributed by atoms with E-state index in [-0.39, 0.29) is 12.6 Å². The normalized spacial score (nSPS) is 15.0. The zero-order chi connectivity index (χ0) is 10.5. The van der Waals surface area contributed by atoms with Gasteiger partial charge in [-0.1, -0.05) is 13.8 Å². The van der Waals surface area contributed by atoms with Gasteiger partial charge >= 0.3 is 6.18 Å². The van der Waals surface area contributed by atoms with Crippen molar-refractivity contribution >= 4 is 0 Å². The van der Waals surface area contributed by atoms with Crippen LogP contribution in [0.3, 0.4) is 0 Å². The van der Waals surface area contributed by atoms with Gasteiger partial charge in [-0.15, -0.1) is 0 Å². The van der Waals surface area contributed by atoms with Gasteiger partial charge in [0.15, 0.2) is 0 Å². The van der Waals surface area contributed by atoms with Crippen molar-refractivity contribution in [3.8, 4) is 0 Å². The van der Waals surface area contributed by atoms with Gasteiger partial charge in [0.1, 0.15) is 0 Å². The van der Waals surface area contributed by atoms with Crippen LogP contribution in [0.4, 0.5) is 13.2 Å². The van der Waals surface area contributed by atoms with Crippen LogP contribution >= 0.6 is 0 Å². The molecule has 0 fully saturated rings. The molecule has 0 bridgehead atoms. The first kappa shape index (κ1) is 12.7. The molecule has 1 unspecified atom stereocenters. The third kappa shape index (κ3) is 9.63. The van der Waals surface area contributed by atoms with E-state index in [0.717, 1.165) is 6.42 Å². The van der Waals surface area contributed by atoms with Gasteiger partial charge in [-0.05, 0) is 12.3 Å². The molecule has 0 aromatic carbocycles. The van der Waals surface area contributed by atoms with Crippen molar-refractivity contribution in [1.29, 1.82) is 0 Å². The summed E-state index contributed by atoms with van der Waals surface area (Å²) in [4.78, 5) is 0. The molecule has 0 rings (SSSR count). The maximum absolute atomic E-state index is 11.7. The Bertz CT molecular complexity index is 134. The fourth-order valence-corrected chi connectivity index (χ4v) is 1.09. The number of nitrogens with two attached hydrogens (primary N) is 1. The van der Waals surface area contributed by atoms with E-state index in [1.54, 1.807) is 0 Å². The zero-order valence-corrected chi connectivity index (χ0v) is 7.99. The van der Waals surface area contributed by atoms with Crippen molar-refractivity contribution in [2.45, 2.75) is 32.5 Å². The van der Waals surface area contributed by atoms with Crippen LogP contribution in [0.15, 0.2) is 0 Å². The van der Waals surface area contributed by atoms with Crippen LogP contribution in [0, 0.1) is 5.92 Å². The first-order chi connectivity index (χ1) is 5.81. The highest BCUT2D eigenvalue weighted by Gasteiger charge is 2.26. The first-order valence-corrected chi connectivity index (χ1v) is 4.34. The van der Waals surface area contributed by atoms with Gasteiger partial charge in [-0.2, -0.15) is 13.2 Å². The highest BCUT2D eigenvalue weighted by molar-refractivity contribution is 4.67. The lowest BCUT2D eigenvalue weighted by Gasteiger charge is -2.15. The number of nitrogens with one attached hydrogen (secondary N) is 1. The molecular formula is C8H17F3N2. The molecule has 0 saturated carbocycles. The van der Waals surface area contributed by atoms with Crippen molar-refractivity contribution in [2.24, 2.45) is 11.7 Å². The summed E-state index contributed by atoms with van der Waals surface area (Å²) in [6, 6.07) is -0.192. The van der Waals surface area contributed by atoms with Crippen LogP contribution in [0.5, 0.6) is 0 Å². The van der Waals surface area contributed by atoms with Crippen molar-refractivity contribution in [1.82, 2.24) is 5.32 Å². The number of halogens is 3. The SMILES string of the molecule is CC(C)CC(N)CNCC(F)(F)F. The molecule has 2 nitrogen and oxygen atoms in total. The summed E-state index contributed by atoms with van der Waals surface area (Å²) >= 11 is 0. The molecule has 0 aromatic heterocycles. The van der Waals surface area contributed by atoms with Crippen LogP contribution in [-0.2, 0) is 0 Å². The zero-order valence-electron chi connectivity index (χ0n) is 7.99. The van der Waals surface area contributed by atoms with Crippen molar-refractivity contribution in [3.63, 3.8) is 0 Å². The number of hydrogen-bond acceptors (Lipinski definition) is 2. The molecule has 0 aliphatic heterocycles. The quantitative estimate of drug-likeness (QED) is 0.702. The molecule has 1 atom stereocenters. The molecule has 0 aliphatic carbocycles. The Morgan fingerprint density at radius 1 is 1.31 bits per heavy atom. The van der Waals surface area contributed by atoms with E-state index in [4.69, 9.17) is 5.73 Å². The van der Waals surface area contributed by atoms with Gasteiger partial charge in [0.2, 0.25) is 0 Å². The summed E-state index contributed by atoms with van der Waals surface area (Å²) in [6.07, 6.45) is -3.40. The molecule has 13 heavy (non-hydrogen) atoms. The lowest BCUT2D eigenvalue weighted by molar-refractivity contribution is -0.124. The number of hydrogen-bond donors (Lipinski definition) is 2. The Morgan fingerprint density at radius 2 is 1.85 bits per heavy atom. The van der Waals surface area contributed by atoms with Gasteiger partial charge in [-0.3, -0.25) is 0 Å². The lowest BCUT2D eigenvalue weighted by atomic mass is 10.0. The van der Waals surface area contributed by atoms with Gasteiger partial charge < -0.3 is 11.1 Å². The predicted octanol–water partition coefficient (Wildman–Crippen LogP) is 1.51. The Balaban J connectivity index is 3.42. The molecule has 0 radical (unpaired) electrons. The molecular weight excluding hydrogens is 181 g/mol. The van der Waals surface area contributed by atoms with E-state index < -0.39 is 12.7 Å². The average Bonchev–Trinajstić information content (AvgIpc) is 1.81. The smallest absolute Gasteiger partial charge is 0.327 e. The van der Waals surface area contributed by atoms with E-state index >= 15 is 0 Å². The highest BCUT2D eigenvalue weighted by Crippen LogP contribution is 2.12. The van der Waals surface area contributed by atoms with Gasteiger partial charge in [0.05, 0.1) is 6.54 Å². The highest BCUT2D eigenvalue weighted by atomic mass is 19.4. The minimum Gasteiger partial charge on any atom is -0.327 e. The van der Waals surface area contributed by atoms with Crippen LogP contribution in [-0.4, -0.2) is 25.3 Å². The van der Waals surface area contributed by atoms with E-state index in [0.29, 0.717) is 5.92 Å². The maximum atomic E-state index is 11.7. The van der Waals surface area contributed by atoms with Crippen molar-refractivity contribution in [3.05, 3.63) is 0 Å². The Kier molecular flexibility index (Phi) is 5.32. The second-order valence-corrected chi connectivity index (χ2v) is 3.64. The Morgan fingerprint density at radius 3 is 2.23 bits per heavy atom. The van der Waals surface area contributed by atoms with Crippen LogP contribution in [0.25, 0.3) is 0 Å². The molecule has 0 aliphatic rings. The maximum Gasteiger partial charge on any atom is 0.401 e. The molecule has 80 valence electrons. The average molecular weight is 198 g/mol. The second kappa shape index (κ2) is 5.44. The summed E-state index contributed by atoms with van der Waals surface area (Å²) in [5.41, 5.74) is 5.57. The standard InChI is InChI=1S/C8H17F3N2/c1-6(2)3-7(12)4-13-5-8(9,10)11/h6-7,13H,3-5,12H2,1-2H3. The van der Waals surface area contributed by atoms with Crippen molar-refractivity contribution < 1.29 is 13.2 Å². The molecule has 0 aromatic rings. The third-order valence-electron chi connectivity index (χ3n) is 1.51. The summed E-state index contributed by atoms with van der Waals surface area (Å²) in [7, 11) is 0. The monoisotopic (exact) mass is 198 g/mol. The predicted molar refractivity (Wildman–Crippen MR) is 46.4 cm³/mol. The fourth-order valence-electron chi connectivity index (χ4n) is 1.09. The molecule has 0 saturated heterocycles. The summed E-state index contributed by atoms with van der Waals surface area (Å²) in [5, 5.41) is 2.28. The fraction of sp³-hybridized carbons (Fsp3) is 1.00. The largest absolute Gasteiger partial charge is 0.401 e. The van der Waals surface area contributed by atoms with Crippen molar-refractivity contribution in [2.75, 3.05) is 13.1 Å². The molecule has 0 heterocycles. The first-order valence-electron chi connectivity index (χ1n) is 4.34. The number of rotatable bonds is 5.